The highest BCUT2D eigenvalue weighted by atomic mass is 35.5. The van der Waals surface area contributed by atoms with Crippen molar-refractivity contribution in [2.45, 2.75) is 90.8 Å². The summed E-state index contributed by atoms with van der Waals surface area (Å²) in [6, 6.07) is 17.5. The molecule has 0 radical (unpaired) electrons. The molecule has 2 amide bonds. The number of rotatable bonds is 15. The van der Waals surface area contributed by atoms with E-state index in [-0.39, 0.29) is 43.4 Å². The SMILES string of the molecule is COCCCc1cc(CN(C(=O)[C@H]2CN(C(=O)OC(C)(C)C)CC[C@@H]2c2ccc(OCCOc3c(Cl)cc(C)cc3Cl)cc2)C2CC2)cc(C(C)=O)c1. The summed E-state index contributed by atoms with van der Waals surface area (Å²) in [6.45, 7) is 11.3. The zero-order valence-electron chi connectivity index (χ0n) is 31.7. The summed E-state index contributed by atoms with van der Waals surface area (Å²) < 4.78 is 22.8. The van der Waals surface area contributed by atoms with Crippen molar-refractivity contribution < 1.29 is 33.3 Å². The number of hydrogen-bond donors (Lipinski definition) is 0. The lowest BCUT2D eigenvalue weighted by Gasteiger charge is -2.40. The number of aryl methyl sites for hydroxylation is 2. The quantitative estimate of drug-likeness (QED) is 0.113. The van der Waals surface area contributed by atoms with Gasteiger partial charge in [-0.2, -0.15) is 0 Å². The Morgan fingerprint density at radius 1 is 0.887 bits per heavy atom. The Labute approximate surface area is 323 Å². The normalized spacial score (nSPS) is 17.3. The fourth-order valence-corrected chi connectivity index (χ4v) is 7.54. The summed E-state index contributed by atoms with van der Waals surface area (Å²) in [5.74, 6) is 0.478. The summed E-state index contributed by atoms with van der Waals surface area (Å²) >= 11 is 12.6. The highest BCUT2D eigenvalue weighted by Gasteiger charge is 2.43. The molecule has 1 saturated carbocycles. The zero-order valence-corrected chi connectivity index (χ0v) is 33.2. The van der Waals surface area contributed by atoms with Gasteiger partial charge in [-0.25, -0.2) is 4.79 Å². The summed E-state index contributed by atoms with van der Waals surface area (Å²) in [5.41, 5.74) is 3.92. The molecule has 2 atom stereocenters. The van der Waals surface area contributed by atoms with E-state index in [2.05, 4.69) is 6.07 Å². The molecule has 0 aromatic heterocycles. The Hall–Kier alpha value is -3.79. The molecule has 0 N–H and O–H groups in total. The molecule has 1 heterocycles. The number of hydrogen-bond acceptors (Lipinski definition) is 7. The van der Waals surface area contributed by atoms with Crippen LogP contribution >= 0.6 is 23.2 Å². The van der Waals surface area contributed by atoms with Crippen molar-refractivity contribution in [1.29, 1.82) is 0 Å². The third-order valence-electron chi connectivity index (χ3n) is 9.53. The maximum absolute atomic E-state index is 14.8. The van der Waals surface area contributed by atoms with Gasteiger partial charge in [-0.15, -0.1) is 0 Å². The summed E-state index contributed by atoms with van der Waals surface area (Å²) in [7, 11) is 1.68. The number of ether oxygens (including phenoxy) is 4. The molecule has 3 aromatic rings. The molecule has 1 saturated heterocycles. The fourth-order valence-electron chi connectivity index (χ4n) is 6.84. The van der Waals surface area contributed by atoms with Crippen LogP contribution in [0.4, 0.5) is 4.79 Å². The zero-order chi connectivity index (χ0) is 38.3. The Bertz CT molecular complexity index is 1730. The van der Waals surface area contributed by atoms with Gasteiger partial charge < -0.3 is 28.7 Å². The lowest BCUT2D eigenvalue weighted by molar-refractivity contribution is -0.139. The van der Waals surface area contributed by atoms with Crippen LogP contribution in [-0.4, -0.2) is 79.2 Å². The number of amides is 2. The van der Waals surface area contributed by atoms with Crippen LogP contribution in [0.15, 0.2) is 54.6 Å². The van der Waals surface area contributed by atoms with Crippen LogP contribution in [-0.2, 0) is 27.2 Å². The lowest BCUT2D eigenvalue weighted by Crippen LogP contribution is -2.51. The predicted molar refractivity (Wildman–Crippen MR) is 208 cm³/mol. The van der Waals surface area contributed by atoms with Crippen molar-refractivity contribution in [2.24, 2.45) is 5.92 Å². The van der Waals surface area contributed by atoms with Gasteiger partial charge in [0.1, 0.15) is 24.6 Å². The van der Waals surface area contributed by atoms with Crippen LogP contribution in [0.1, 0.15) is 91.9 Å². The Kier molecular flexibility index (Phi) is 13.7. The molecule has 1 aliphatic heterocycles. The van der Waals surface area contributed by atoms with E-state index in [9.17, 15) is 14.4 Å². The first-order chi connectivity index (χ1) is 25.2. The van der Waals surface area contributed by atoms with Crippen LogP contribution in [0.2, 0.25) is 10.0 Å². The predicted octanol–water partition coefficient (Wildman–Crippen LogP) is 9.07. The van der Waals surface area contributed by atoms with Crippen LogP contribution in [0.5, 0.6) is 11.5 Å². The molecule has 2 aliphatic rings. The van der Waals surface area contributed by atoms with Crippen molar-refractivity contribution in [1.82, 2.24) is 9.80 Å². The van der Waals surface area contributed by atoms with E-state index >= 15 is 0 Å². The molecule has 0 bridgehead atoms. The van der Waals surface area contributed by atoms with E-state index in [4.69, 9.17) is 42.1 Å². The highest BCUT2D eigenvalue weighted by molar-refractivity contribution is 6.37. The first-order valence-electron chi connectivity index (χ1n) is 18.4. The van der Waals surface area contributed by atoms with Gasteiger partial charge in [0, 0.05) is 45.0 Å². The monoisotopic (exact) mass is 766 g/mol. The van der Waals surface area contributed by atoms with Gasteiger partial charge in [0.05, 0.1) is 16.0 Å². The third-order valence-corrected chi connectivity index (χ3v) is 10.1. The minimum absolute atomic E-state index is 0.00539. The standard InChI is InChI=1S/C42H52Cl2N2O7/c1-27-20-37(43)39(38(44)21-27)52-19-18-51-34-13-9-31(10-14-34)35-15-16-45(41(49)53-42(3,4)5)26-36(35)40(48)46(33-11-12-33)25-30-22-29(8-7-17-50-6)23-32(24-30)28(2)47/h9-10,13-14,20-24,33,35-36H,7-8,11-12,15-19,25-26H2,1-6H3/t35-,36+/m1/s1. The van der Waals surface area contributed by atoms with Gasteiger partial charge in [-0.1, -0.05) is 41.4 Å². The second-order valence-corrected chi connectivity index (χ2v) is 16.0. The molecule has 9 nitrogen and oxygen atoms in total. The van der Waals surface area contributed by atoms with E-state index in [1.165, 1.54) is 0 Å². The van der Waals surface area contributed by atoms with Crippen LogP contribution in [0.3, 0.4) is 0 Å². The highest BCUT2D eigenvalue weighted by Crippen LogP contribution is 2.39. The van der Waals surface area contributed by atoms with Crippen LogP contribution in [0.25, 0.3) is 0 Å². The van der Waals surface area contributed by atoms with Crippen molar-refractivity contribution in [3.8, 4) is 11.5 Å². The smallest absolute Gasteiger partial charge is 0.410 e. The fraction of sp³-hybridized carbons (Fsp3) is 0.500. The van der Waals surface area contributed by atoms with Crippen molar-refractivity contribution in [2.75, 3.05) is 40.0 Å². The Morgan fingerprint density at radius 2 is 1.55 bits per heavy atom. The molecule has 53 heavy (non-hydrogen) atoms. The van der Waals surface area contributed by atoms with Gasteiger partial charge in [0.15, 0.2) is 11.5 Å². The van der Waals surface area contributed by atoms with Gasteiger partial charge >= 0.3 is 6.09 Å². The average Bonchev–Trinajstić information content (AvgIpc) is 3.94. The number of likely N-dealkylation sites (tertiary alicyclic amines) is 1. The molecule has 0 spiro atoms. The van der Waals surface area contributed by atoms with Gasteiger partial charge in [0.2, 0.25) is 5.91 Å². The maximum Gasteiger partial charge on any atom is 0.410 e. The molecule has 5 rings (SSSR count). The number of carbonyl (C=O) groups is 3. The summed E-state index contributed by atoms with van der Waals surface area (Å²) in [4.78, 5) is 44.2. The van der Waals surface area contributed by atoms with Crippen molar-refractivity contribution >= 4 is 41.0 Å². The van der Waals surface area contributed by atoms with E-state index < -0.39 is 17.6 Å². The Morgan fingerprint density at radius 3 is 2.17 bits per heavy atom. The number of Topliss-reactive ketones (excluding diaryl/α,β-unsaturated/α-hetero) is 1. The number of nitrogens with zero attached hydrogens (tertiary/aromatic N) is 2. The van der Waals surface area contributed by atoms with Crippen LogP contribution in [0, 0.1) is 12.8 Å². The van der Waals surface area contributed by atoms with Crippen molar-refractivity contribution in [3.63, 3.8) is 0 Å². The number of carbonyl (C=O) groups excluding carboxylic acids is 3. The van der Waals surface area contributed by atoms with E-state index in [1.807, 2.05) is 69.0 Å². The summed E-state index contributed by atoms with van der Waals surface area (Å²) in [5, 5.41) is 0.905. The second-order valence-electron chi connectivity index (χ2n) is 15.1. The minimum Gasteiger partial charge on any atom is -0.490 e. The molecule has 11 heteroatoms. The maximum atomic E-state index is 14.8. The Balaban J connectivity index is 1.33. The van der Waals surface area contributed by atoms with Gasteiger partial charge in [-0.05, 0) is 131 Å². The summed E-state index contributed by atoms with van der Waals surface area (Å²) in [6.07, 6.45) is 3.64. The molecule has 286 valence electrons. The van der Waals surface area contributed by atoms with E-state index in [1.54, 1.807) is 31.1 Å². The average molecular weight is 768 g/mol. The molecule has 2 fully saturated rings. The largest absolute Gasteiger partial charge is 0.490 e. The van der Waals surface area contributed by atoms with Crippen LogP contribution < -0.4 is 9.47 Å². The number of halogens is 2. The molecule has 1 aliphatic carbocycles. The molecular formula is C42H52Cl2N2O7. The van der Waals surface area contributed by atoms with E-state index in [0.29, 0.717) is 53.2 Å². The van der Waals surface area contributed by atoms with Crippen molar-refractivity contribution in [3.05, 3.63) is 92.5 Å². The molecular weight excluding hydrogens is 715 g/mol. The van der Waals surface area contributed by atoms with Gasteiger partial charge in [-0.3, -0.25) is 9.59 Å². The first-order valence-corrected chi connectivity index (χ1v) is 19.2. The van der Waals surface area contributed by atoms with E-state index in [0.717, 1.165) is 47.9 Å². The first kappa shape index (κ1) is 40.4. The number of benzene rings is 3. The van der Waals surface area contributed by atoms with Gasteiger partial charge in [0.25, 0.3) is 0 Å². The second kappa shape index (κ2) is 18.0. The number of piperidine rings is 1. The minimum atomic E-state index is -0.657. The molecule has 0 unspecified atom stereocenters. The number of methoxy groups -OCH3 is 1. The third kappa shape index (κ3) is 11.4. The topological polar surface area (TPSA) is 94.6 Å². The molecule has 3 aromatic carbocycles. The number of ketones is 1. The lowest BCUT2D eigenvalue weighted by atomic mass is 9.79.